The van der Waals surface area contributed by atoms with Gasteiger partial charge in [0.2, 0.25) is 11.8 Å². The van der Waals surface area contributed by atoms with E-state index in [1.165, 1.54) is 13.8 Å². The Balaban J connectivity index is 5.17. The lowest BCUT2D eigenvalue weighted by Gasteiger charge is -2.27. The van der Waals surface area contributed by atoms with Gasteiger partial charge in [-0.25, -0.2) is 9.59 Å². The highest BCUT2D eigenvalue weighted by Gasteiger charge is 2.36. The van der Waals surface area contributed by atoms with Crippen LogP contribution in [0.2, 0.25) is 0 Å². The van der Waals surface area contributed by atoms with Crippen molar-refractivity contribution in [3.63, 3.8) is 0 Å². The molecule has 156 valence electrons. The van der Waals surface area contributed by atoms with E-state index in [4.69, 9.17) is 0 Å². The largest absolute Gasteiger partial charge is 0.480 e. The zero-order valence-corrected chi connectivity index (χ0v) is 16.6. The van der Waals surface area contributed by atoms with E-state index in [1.807, 2.05) is 0 Å². The van der Waals surface area contributed by atoms with Gasteiger partial charge in [-0.1, -0.05) is 20.3 Å². The van der Waals surface area contributed by atoms with Crippen LogP contribution in [0.25, 0.3) is 0 Å². The summed E-state index contributed by atoms with van der Waals surface area (Å²) in [6.45, 7) is 6.11. The summed E-state index contributed by atoms with van der Waals surface area (Å²) in [4.78, 5) is 47.3. The fraction of sp³-hybridized carbons (Fsp3) is 0.750. The second kappa shape index (κ2) is 11.8. The van der Waals surface area contributed by atoms with E-state index in [-0.39, 0.29) is 12.5 Å². The number of hydrogen-bond donors (Lipinski definition) is 6. The molecule has 0 saturated carbocycles. The maximum Gasteiger partial charge on any atom is 0.336 e. The number of aliphatic carboxylic acids is 1. The van der Waals surface area contributed by atoms with E-state index < -0.39 is 53.3 Å². The predicted octanol–water partition coefficient (Wildman–Crippen LogP) is -1.31. The lowest BCUT2D eigenvalue weighted by atomic mass is 9.98. The fourth-order valence-corrected chi connectivity index (χ4v) is 2.27. The number of aliphatic hydroxyl groups excluding tert-OH is 2. The van der Waals surface area contributed by atoms with Crippen LogP contribution in [0.1, 0.15) is 34.1 Å². The quantitative estimate of drug-likeness (QED) is 0.181. The van der Waals surface area contributed by atoms with Crippen LogP contribution < -0.4 is 10.6 Å². The molecule has 0 rings (SSSR count). The summed E-state index contributed by atoms with van der Waals surface area (Å²) in [5.41, 5.74) is 0. The number of carbonyl (C=O) groups is 4. The number of thiol groups is 1. The third kappa shape index (κ3) is 7.73. The van der Waals surface area contributed by atoms with Crippen LogP contribution in [0.15, 0.2) is 0 Å². The standard InChI is InChI=1S/C16H28N2O8S/c1-5-7(3)9(15(23)24)17-13(21)10(8(4)19)18-14(22)12(27)11(20)16(25)26-6-2/h7-12,19-20,27H,5-6H2,1-4H3,(H,17,21)(H,18,22)(H,23,24)/t7-,8+,9-,10-,11-,12+/m0/s1. The molecule has 0 unspecified atom stereocenters. The molecule has 6 atom stereocenters. The molecule has 0 aliphatic heterocycles. The number of hydrogen-bond acceptors (Lipinski definition) is 8. The lowest BCUT2D eigenvalue weighted by Crippen LogP contribution is -2.58. The molecule has 2 amide bonds. The summed E-state index contributed by atoms with van der Waals surface area (Å²) in [5, 5.41) is 31.7. The van der Waals surface area contributed by atoms with Crippen LogP contribution in [0.4, 0.5) is 0 Å². The molecule has 0 aliphatic rings. The first-order valence-corrected chi connectivity index (χ1v) is 9.03. The van der Waals surface area contributed by atoms with E-state index in [9.17, 15) is 34.5 Å². The molecule has 11 heteroatoms. The summed E-state index contributed by atoms with van der Waals surface area (Å²) in [6, 6.07) is -2.72. The normalized spacial score (nSPS) is 17.6. The smallest absolute Gasteiger partial charge is 0.336 e. The fourth-order valence-electron chi connectivity index (χ4n) is 2.07. The van der Waals surface area contributed by atoms with E-state index in [0.29, 0.717) is 6.42 Å². The summed E-state index contributed by atoms with van der Waals surface area (Å²) in [6.07, 6.45) is -2.77. The number of rotatable bonds is 11. The molecule has 0 bridgehead atoms. The number of aliphatic hydroxyl groups is 2. The molecular weight excluding hydrogens is 380 g/mol. The van der Waals surface area contributed by atoms with Gasteiger partial charge in [0.1, 0.15) is 17.3 Å². The van der Waals surface area contributed by atoms with E-state index in [0.717, 1.165) is 0 Å². The van der Waals surface area contributed by atoms with Crippen LogP contribution in [0, 0.1) is 5.92 Å². The predicted molar refractivity (Wildman–Crippen MR) is 98.0 cm³/mol. The summed E-state index contributed by atoms with van der Waals surface area (Å²) < 4.78 is 4.58. The monoisotopic (exact) mass is 408 g/mol. The Morgan fingerprint density at radius 1 is 1.00 bits per heavy atom. The first-order valence-electron chi connectivity index (χ1n) is 8.52. The van der Waals surface area contributed by atoms with Crippen molar-refractivity contribution in [3.8, 4) is 0 Å². The topological polar surface area (TPSA) is 162 Å². The van der Waals surface area contributed by atoms with Gasteiger partial charge in [0.05, 0.1) is 12.7 Å². The van der Waals surface area contributed by atoms with Gasteiger partial charge in [0.25, 0.3) is 0 Å². The van der Waals surface area contributed by atoms with Gasteiger partial charge < -0.3 is 30.7 Å². The highest BCUT2D eigenvalue weighted by atomic mass is 32.1. The molecule has 10 nitrogen and oxygen atoms in total. The van der Waals surface area contributed by atoms with Gasteiger partial charge in [0, 0.05) is 0 Å². The molecule has 0 saturated heterocycles. The molecule has 0 aromatic carbocycles. The van der Waals surface area contributed by atoms with E-state index in [1.54, 1.807) is 13.8 Å². The first-order chi connectivity index (χ1) is 12.5. The Morgan fingerprint density at radius 2 is 1.52 bits per heavy atom. The second-order valence-electron chi connectivity index (χ2n) is 6.08. The van der Waals surface area contributed by atoms with Gasteiger partial charge in [-0.05, 0) is 19.8 Å². The zero-order valence-electron chi connectivity index (χ0n) is 15.7. The first kappa shape index (κ1) is 25.1. The Bertz CT molecular complexity index is 543. The Kier molecular flexibility index (Phi) is 11.0. The molecule has 27 heavy (non-hydrogen) atoms. The van der Waals surface area contributed by atoms with Crippen molar-refractivity contribution in [2.24, 2.45) is 5.92 Å². The summed E-state index contributed by atoms with van der Waals surface area (Å²) in [7, 11) is 0. The van der Waals surface area contributed by atoms with Crippen LogP contribution in [-0.2, 0) is 23.9 Å². The minimum absolute atomic E-state index is 0.0110. The molecule has 0 spiro atoms. The highest BCUT2D eigenvalue weighted by Crippen LogP contribution is 2.10. The lowest BCUT2D eigenvalue weighted by molar-refractivity contribution is -0.154. The van der Waals surface area contributed by atoms with E-state index in [2.05, 4.69) is 28.0 Å². The Morgan fingerprint density at radius 3 is 1.93 bits per heavy atom. The van der Waals surface area contributed by atoms with Crippen LogP contribution in [0.3, 0.4) is 0 Å². The average Bonchev–Trinajstić information content (AvgIpc) is 2.61. The van der Waals surface area contributed by atoms with Gasteiger partial charge in [-0.2, -0.15) is 12.6 Å². The number of amides is 2. The number of ether oxygens (including phenoxy) is 1. The maximum atomic E-state index is 12.4. The van der Waals surface area contributed by atoms with Gasteiger partial charge >= 0.3 is 11.9 Å². The Labute approximate surface area is 163 Å². The highest BCUT2D eigenvalue weighted by molar-refractivity contribution is 7.81. The van der Waals surface area contributed by atoms with Gasteiger partial charge in [-0.15, -0.1) is 0 Å². The number of carboxylic acid groups (broad SMARTS) is 1. The van der Waals surface area contributed by atoms with E-state index >= 15 is 0 Å². The van der Waals surface area contributed by atoms with Crippen molar-refractivity contribution in [1.29, 1.82) is 0 Å². The molecule has 0 aromatic rings. The van der Waals surface area contributed by atoms with Crippen molar-refractivity contribution in [1.82, 2.24) is 10.6 Å². The van der Waals surface area contributed by atoms with Crippen molar-refractivity contribution in [2.75, 3.05) is 6.61 Å². The molecular formula is C16H28N2O8S. The number of esters is 1. The second-order valence-corrected chi connectivity index (χ2v) is 6.63. The maximum absolute atomic E-state index is 12.4. The number of carbonyl (C=O) groups excluding carboxylic acids is 3. The third-order valence-electron chi connectivity index (χ3n) is 3.94. The van der Waals surface area contributed by atoms with Gasteiger partial charge in [-0.3, -0.25) is 9.59 Å². The van der Waals surface area contributed by atoms with Crippen LogP contribution in [0.5, 0.6) is 0 Å². The summed E-state index contributed by atoms with van der Waals surface area (Å²) in [5.74, 6) is -4.63. The van der Waals surface area contributed by atoms with Crippen LogP contribution in [-0.4, -0.2) is 75.2 Å². The minimum Gasteiger partial charge on any atom is -0.480 e. The number of nitrogens with one attached hydrogen (secondary N) is 2. The van der Waals surface area contributed by atoms with Crippen molar-refractivity contribution >= 4 is 36.4 Å². The molecule has 0 aliphatic carbocycles. The molecule has 0 radical (unpaired) electrons. The zero-order chi connectivity index (χ0) is 21.3. The Hall–Kier alpha value is -1.85. The van der Waals surface area contributed by atoms with Gasteiger partial charge in [0.15, 0.2) is 6.10 Å². The molecule has 0 fully saturated rings. The molecule has 0 aromatic heterocycles. The van der Waals surface area contributed by atoms with Crippen molar-refractivity contribution in [2.45, 2.75) is 63.7 Å². The average molecular weight is 408 g/mol. The number of carboxylic acids is 1. The third-order valence-corrected chi connectivity index (χ3v) is 4.45. The molecule has 5 N–H and O–H groups in total. The summed E-state index contributed by atoms with van der Waals surface area (Å²) >= 11 is 3.84. The molecule has 0 heterocycles. The minimum atomic E-state index is -1.88. The SMILES string of the molecule is CCOC(=O)[C@@H](O)[C@@H](S)C(=O)N[C@H](C(=O)N[C@H](C(=O)O)[C@@H](C)CC)[C@@H](C)O. The van der Waals surface area contributed by atoms with Crippen molar-refractivity contribution in [3.05, 3.63) is 0 Å². The van der Waals surface area contributed by atoms with Crippen molar-refractivity contribution < 1.29 is 39.2 Å². The van der Waals surface area contributed by atoms with Crippen LogP contribution >= 0.6 is 12.6 Å².